The van der Waals surface area contributed by atoms with Gasteiger partial charge < -0.3 is 4.74 Å². The van der Waals surface area contributed by atoms with Crippen molar-refractivity contribution < 1.29 is 9.53 Å². The Balaban J connectivity index is 2.12. The van der Waals surface area contributed by atoms with E-state index in [0.29, 0.717) is 18.4 Å². The molecule has 0 heterocycles. The van der Waals surface area contributed by atoms with E-state index in [1.54, 1.807) is 0 Å². The molecular weight excluding hydrogens is 212 g/mol. The number of hydrogen-bond donors (Lipinski definition) is 0. The first-order valence-electron chi connectivity index (χ1n) is 7.21. The van der Waals surface area contributed by atoms with E-state index in [1.807, 2.05) is 6.92 Å². The molecule has 17 heavy (non-hydrogen) atoms. The fourth-order valence-electron chi connectivity index (χ4n) is 4.13. The first kappa shape index (κ1) is 12.9. The molecule has 0 radical (unpaired) electrons. The van der Waals surface area contributed by atoms with Gasteiger partial charge in [0.05, 0.1) is 12.5 Å². The summed E-state index contributed by atoms with van der Waals surface area (Å²) in [7, 11) is 0. The molecule has 0 aliphatic heterocycles. The number of rotatable bonds is 3. The Labute approximate surface area is 105 Å². The van der Waals surface area contributed by atoms with Crippen molar-refractivity contribution in [3.05, 3.63) is 0 Å². The van der Waals surface area contributed by atoms with E-state index in [4.69, 9.17) is 4.74 Å². The number of hydrogen-bond acceptors (Lipinski definition) is 2. The largest absolute Gasteiger partial charge is 0.466 e. The predicted molar refractivity (Wildman–Crippen MR) is 68.4 cm³/mol. The third-order valence-corrected chi connectivity index (χ3v) is 5.09. The second-order valence-corrected chi connectivity index (χ2v) is 6.37. The Hall–Kier alpha value is -0.530. The zero-order valence-electron chi connectivity index (χ0n) is 11.6. The number of carbonyl (C=O) groups excluding carboxylic acids is 1. The number of fused-ring (bicyclic) bond motifs is 3. The van der Waals surface area contributed by atoms with Gasteiger partial charge in [-0.1, -0.05) is 20.8 Å². The highest BCUT2D eigenvalue weighted by molar-refractivity contribution is 5.73. The van der Waals surface area contributed by atoms with Crippen LogP contribution in [0.2, 0.25) is 0 Å². The maximum atomic E-state index is 12.0. The molecule has 98 valence electrons. The first-order chi connectivity index (χ1) is 8.04. The molecule has 5 unspecified atom stereocenters. The van der Waals surface area contributed by atoms with Crippen molar-refractivity contribution in [3.63, 3.8) is 0 Å². The zero-order valence-corrected chi connectivity index (χ0v) is 11.6. The van der Waals surface area contributed by atoms with Gasteiger partial charge in [0.2, 0.25) is 0 Å². The Morgan fingerprint density at radius 2 is 2.00 bits per heavy atom. The molecule has 3 aliphatic carbocycles. The van der Waals surface area contributed by atoms with Crippen LogP contribution in [0.4, 0.5) is 0 Å². The van der Waals surface area contributed by atoms with Gasteiger partial charge in [0.15, 0.2) is 0 Å². The third-order valence-electron chi connectivity index (χ3n) is 5.09. The molecule has 3 aliphatic rings. The van der Waals surface area contributed by atoms with E-state index >= 15 is 0 Å². The van der Waals surface area contributed by atoms with Gasteiger partial charge >= 0.3 is 5.97 Å². The number of carbonyl (C=O) groups is 1. The van der Waals surface area contributed by atoms with Gasteiger partial charge in [0.25, 0.3) is 0 Å². The van der Waals surface area contributed by atoms with Crippen molar-refractivity contribution in [2.24, 2.45) is 35.5 Å². The quantitative estimate of drug-likeness (QED) is 0.703. The summed E-state index contributed by atoms with van der Waals surface area (Å²) in [4.78, 5) is 12.0. The molecule has 3 rings (SSSR count). The monoisotopic (exact) mass is 238 g/mol. The molecule has 0 aromatic carbocycles. The van der Waals surface area contributed by atoms with Crippen LogP contribution in [0.25, 0.3) is 0 Å². The average molecular weight is 238 g/mol. The molecule has 0 amide bonds. The average Bonchev–Trinajstić information content (AvgIpc) is 2.29. The van der Waals surface area contributed by atoms with E-state index in [2.05, 4.69) is 20.8 Å². The summed E-state index contributed by atoms with van der Waals surface area (Å²) >= 11 is 0. The molecule has 2 heteroatoms. The van der Waals surface area contributed by atoms with Crippen molar-refractivity contribution in [3.8, 4) is 0 Å². The van der Waals surface area contributed by atoms with Gasteiger partial charge in [-0.25, -0.2) is 0 Å². The molecule has 0 saturated heterocycles. The van der Waals surface area contributed by atoms with Gasteiger partial charge in [-0.3, -0.25) is 4.79 Å². The minimum Gasteiger partial charge on any atom is -0.466 e. The summed E-state index contributed by atoms with van der Waals surface area (Å²) in [6.07, 6.45) is 3.64. The van der Waals surface area contributed by atoms with Crippen LogP contribution in [0.15, 0.2) is 0 Å². The predicted octanol–water partition coefficient (Wildman–Crippen LogP) is 3.50. The van der Waals surface area contributed by atoms with E-state index in [1.165, 1.54) is 12.8 Å². The summed E-state index contributed by atoms with van der Waals surface area (Å²) in [5.41, 5.74) is 0. The molecule has 3 fully saturated rings. The van der Waals surface area contributed by atoms with Crippen molar-refractivity contribution >= 4 is 5.97 Å². The molecule has 0 aromatic rings. The van der Waals surface area contributed by atoms with Crippen molar-refractivity contribution in [1.29, 1.82) is 0 Å². The molecule has 2 nitrogen and oxygen atoms in total. The standard InChI is InChI=1S/C15H26O2/c1-5-17-15(16)14-8-11-7-12(9(2)3)13(14)6-10(11)4/h9-14H,5-8H2,1-4H3. The Kier molecular flexibility index (Phi) is 3.79. The lowest BCUT2D eigenvalue weighted by atomic mass is 9.54. The van der Waals surface area contributed by atoms with Gasteiger partial charge in [-0.2, -0.15) is 0 Å². The second kappa shape index (κ2) is 4.99. The van der Waals surface area contributed by atoms with E-state index < -0.39 is 0 Å². The van der Waals surface area contributed by atoms with Gasteiger partial charge in [0, 0.05) is 0 Å². The highest BCUT2D eigenvalue weighted by Crippen LogP contribution is 2.53. The van der Waals surface area contributed by atoms with Crippen LogP contribution in [0, 0.1) is 35.5 Å². The highest BCUT2D eigenvalue weighted by Gasteiger charge is 2.49. The topological polar surface area (TPSA) is 26.3 Å². The van der Waals surface area contributed by atoms with Crippen LogP contribution in [-0.4, -0.2) is 12.6 Å². The normalized spacial score (nSPS) is 40.6. The maximum Gasteiger partial charge on any atom is 0.309 e. The summed E-state index contributed by atoms with van der Waals surface area (Å²) < 4.78 is 5.26. The zero-order chi connectivity index (χ0) is 12.6. The summed E-state index contributed by atoms with van der Waals surface area (Å²) in [5, 5.41) is 0. The molecule has 0 N–H and O–H groups in total. The Morgan fingerprint density at radius 1 is 1.29 bits per heavy atom. The van der Waals surface area contributed by atoms with Crippen LogP contribution in [0.3, 0.4) is 0 Å². The first-order valence-corrected chi connectivity index (χ1v) is 7.21. The molecule has 2 bridgehead atoms. The highest BCUT2D eigenvalue weighted by atomic mass is 16.5. The van der Waals surface area contributed by atoms with Crippen LogP contribution in [0.5, 0.6) is 0 Å². The van der Waals surface area contributed by atoms with Crippen LogP contribution in [0.1, 0.15) is 47.0 Å². The lowest BCUT2D eigenvalue weighted by molar-refractivity contribution is -0.159. The molecule has 0 spiro atoms. The van der Waals surface area contributed by atoms with E-state index in [-0.39, 0.29) is 11.9 Å². The van der Waals surface area contributed by atoms with Gasteiger partial charge in [-0.05, 0) is 55.8 Å². The molecule has 0 aromatic heterocycles. The van der Waals surface area contributed by atoms with Crippen LogP contribution < -0.4 is 0 Å². The summed E-state index contributed by atoms with van der Waals surface area (Å²) in [5.74, 6) is 3.83. The molecule has 5 atom stereocenters. The smallest absolute Gasteiger partial charge is 0.309 e. The van der Waals surface area contributed by atoms with Gasteiger partial charge in [0.1, 0.15) is 0 Å². The van der Waals surface area contributed by atoms with Crippen LogP contribution >= 0.6 is 0 Å². The second-order valence-electron chi connectivity index (χ2n) is 6.37. The lowest BCUT2D eigenvalue weighted by Crippen LogP contribution is -2.47. The summed E-state index contributed by atoms with van der Waals surface area (Å²) in [6, 6.07) is 0. The lowest BCUT2D eigenvalue weighted by Gasteiger charge is -2.51. The van der Waals surface area contributed by atoms with Crippen molar-refractivity contribution in [2.75, 3.05) is 6.61 Å². The SMILES string of the molecule is CCOC(=O)C1CC2CC(C(C)C)C1CC2C. The maximum absolute atomic E-state index is 12.0. The fourth-order valence-corrected chi connectivity index (χ4v) is 4.13. The van der Waals surface area contributed by atoms with E-state index in [9.17, 15) is 4.79 Å². The van der Waals surface area contributed by atoms with Gasteiger partial charge in [-0.15, -0.1) is 0 Å². The Bertz CT molecular complexity index is 285. The van der Waals surface area contributed by atoms with E-state index in [0.717, 1.165) is 24.2 Å². The van der Waals surface area contributed by atoms with Crippen molar-refractivity contribution in [2.45, 2.75) is 47.0 Å². The minimum atomic E-state index is 0.0692. The molecular formula is C15H26O2. The number of ether oxygens (including phenoxy) is 1. The Morgan fingerprint density at radius 3 is 2.53 bits per heavy atom. The van der Waals surface area contributed by atoms with Crippen LogP contribution in [-0.2, 0) is 9.53 Å². The third kappa shape index (κ3) is 2.36. The number of esters is 1. The van der Waals surface area contributed by atoms with Crippen molar-refractivity contribution in [1.82, 2.24) is 0 Å². The fraction of sp³-hybridized carbons (Fsp3) is 0.933. The molecule has 3 saturated carbocycles. The minimum absolute atomic E-state index is 0.0692. The summed E-state index contributed by atoms with van der Waals surface area (Å²) in [6.45, 7) is 9.39.